The number of anilines is 3. The van der Waals surface area contributed by atoms with E-state index in [2.05, 4.69) is 25.3 Å². The highest BCUT2D eigenvalue weighted by Gasteiger charge is 2.35. The van der Waals surface area contributed by atoms with Crippen LogP contribution in [0.5, 0.6) is 0 Å². The van der Waals surface area contributed by atoms with E-state index in [9.17, 15) is 26.3 Å². The number of hydrogen-bond acceptors (Lipinski definition) is 6. The molecule has 1 N–H and O–H groups in total. The first-order valence-electron chi connectivity index (χ1n) is 12.1. The number of likely N-dealkylation sites (N-methyl/N-ethyl adjacent to an activating group) is 1. The van der Waals surface area contributed by atoms with Gasteiger partial charge in [0.15, 0.2) is 5.82 Å². The Bertz CT molecular complexity index is 1480. The van der Waals surface area contributed by atoms with Crippen LogP contribution in [0.3, 0.4) is 0 Å². The number of nitrogens with one attached hydrogen (secondary N) is 1. The maximum atomic E-state index is 13.5. The molecule has 0 saturated carbocycles. The number of alkyl halides is 6. The largest absolute Gasteiger partial charge is 0.419 e. The third kappa shape index (κ3) is 6.61. The van der Waals surface area contributed by atoms with Gasteiger partial charge < -0.3 is 10.2 Å². The van der Waals surface area contributed by atoms with Crippen LogP contribution < -0.4 is 10.2 Å². The predicted molar refractivity (Wildman–Crippen MR) is 141 cm³/mol. The van der Waals surface area contributed by atoms with Crippen molar-refractivity contribution in [3.63, 3.8) is 0 Å². The van der Waals surface area contributed by atoms with E-state index in [0.717, 1.165) is 18.2 Å². The zero-order chi connectivity index (χ0) is 29.1. The van der Waals surface area contributed by atoms with Crippen molar-refractivity contribution < 1.29 is 26.3 Å². The number of hydrogen-bond donors (Lipinski definition) is 1. The summed E-state index contributed by atoms with van der Waals surface area (Å²) in [5.74, 6) is 0.343. The quantitative estimate of drug-likeness (QED) is 0.216. The average molecular weight is 581 g/mol. The van der Waals surface area contributed by atoms with Gasteiger partial charge in [0.1, 0.15) is 17.3 Å². The highest BCUT2D eigenvalue weighted by molar-refractivity contribution is 6.31. The Balaban J connectivity index is 1.71. The second-order valence-corrected chi connectivity index (χ2v) is 9.16. The Kier molecular flexibility index (Phi) is 8.48. The lowest BCUT2D eigenvalue weighted by atomic mass is 10.1. The van der Waals surface area contributed by atoms with E-state index in [-0.39, 0.29) is 30.3 Å². The fraction of sp³-hybridized carbons (Fsp3) is 0.259. The highest BCUT2D eigenvalue weighted by Crippen LogP contribution is 2.37. The molecule has 0 aliphatic heterocycles. The maximum absolute atomic E-state index is 13.5. The summed E-state index contributed by atoms with van der Waals surface area (Å²) in [5.41, 5.74) is 0.0636. The van der Waals surface area contributed by atoms with Crippen molar-refractivity contribution in [1.29, 1.82) is 0 Å². The second-order valence-electron chi connectivity index (χ2n) is 8.75. The van der Waals surface area contributed by atoms with E-state index in [1.54, 1.807) is 24.4 Å². The molecule has 40 heavy (non-hydrogen) atoms. The van der Waals surface area contributed by atoms with Crippen molar-refractivity contribution >= 4 is 28.9 Å². The minimum Gasteiger partial charge on any atom is -0.359 e. The standard InChI is InChI=1S/C27H23ClF6N6/c1-3-17-21(11-14-40(2)25-19(27(32,33)34)7-6-13-36-25)38-24(22-8-4-5-12-35-22)39-23(17)37-16-9-10-18(20(28)15-16)26(29,30)31/h4-10,12-13,15H,3,11,14H2,1-2H3,(H,37,38,39). The number of halogens is 7. The lowest BCUT2D eigenvalue weighted by Crippen LogP contribution is -2.25. The summed E-state index contributed by atoms with van der Waals surface area (Å²) in [6.45, 7) is 1.98. The van der Waals surface area contributed by atoms with Crippen LogP contribution in [0.15, 0.2) is 60.9 Å². The molecule has 210 valence electrons. The number of nitrogens with zero attached hydrogens (tertiary/aromatic N) is 5. The summed E-state index contributed by atoms with van der Waals surface area (Å²) in [6.07, 6.45) is -5.69. The summed E-state index contributed by atoms with van der Waals surface area (Å²) in [4.78, 5) is 18.8. The second kappa shape index (κ2) is 11.7. The number of benzene rings is 1. The summed E-state index contributed by atoms with van der Waals surface area (Å²) in [7, 11) is 1.51. The van der Waals surface area contributed by atoms with Gasteiger partial charge in [0.2, 0.25) is 0 Å². The molecular weight excluding hydrogens is 558 g/mol. The first kappa shape index (κ1) is 29.1. The average Bonchev–Trinajstić information content (AvgIpc) is 2.91. The molecule has 0 unspecified atom stereocenters. The van der Waals surface area contributed by atoms with Crippen molar-refractivity contribution in [1.82, 2.24) is 19.9 Å². The van der Waals surface area contributed by atoms with Crippen LogP contribution in [0.1, 0.15) is 29.3 Å². The molecule has 0 amide bonds. The molecule has 0 aliphatic carbocycles. The fourth-order valence-electron chi connectivity index (χ4n) is 4.08. The molecule has 4 rings (SSSR count). The first-order valence-corrected chi connectivity index (χ1v) is 12.4. The normalized spacial score (nSPS) is 11.9. The van der Waals surface area contributed by atoms with Crippen LogP contribution >= 0.6 is 11.6 Å². The summed E-state index contributed by atoms with van der Waals surface area (Å²) >= 11 is 5.91. The van der Waals surface area contributed by atoms with Crippen molar-refractivity contribution in [3.8, 4) is 11.5 Å². The van der Waals surface area contributed by atoms with Gasteiger partial charge in [-0.1, -0.05) is 24.6 Å². The van der Waals surface area contributed by atoms with Crippen molar-refractivity contribution in [3.05, 3.63) is 88.3 Å². The van der Waals surface area contributed by atoms with Crippen LogP contribution in [0.4, 0.5) is 43.7 Å². The molecule has 3 heterocycles. The minimum atomic E-state index is -4.61. The predicted octanol–water partition coefficient (Wildman–Crippen LogP) is 7.61. The zero-order valence-corrected chi connectivity index (χ0v) is 22.0. The Morgan fingerprint density at radius 2 is 1.60 bits per heavy atom. The number of pyridine rings is 2. The maximum Gasteiger partial charge on any atom is 0.419 e. The molecular formula is C27H23ClF6N6. The van der Waals surface area contributed by atoms with E-state index in [1.807, 2.05) is 6.92 Å². The van der Waals surface area contributed by atoms with E-state index < -0.39 is 28.5 Å². The van der Waals surface area contributed by atoms with Crippen molar-refractivity contribution in [2.75, 3.05) is 23.8 Å². The zero-order valence-electron chi connectivity index (χ0n) is 21.3. The van der Waals surface area contributed by atoms with E-state index >= 15 is 0 Å². The molecule has 1 aromatic carbocycles. The molecule has 0 saturated heterocycles. The highest BCUT2D eigenvalue weighted by atomic mass is 35.5. The van der Waals surface area contributed by atoms with Gasteiger partial charge in [-0.05, 0) is 48.9 Å². The van der Waals surface area contributed by atoms with Crippen LogP contribution in [0.25, 0.3) is 11.5 Å². The van der Waals surface area contributed by atoms with Gasteiger partial charge >= 0.3 is 12.4 Å². The summed E-state index contributed by atoms with van der Waals surface area (Å²) in [6, 6.07) is 10.6. The molecule has 3 aromatic heterocycles. The number of rotatable bonds is 8. The van der Waals surface area contributed by atoms with Crippen molar-refractivity contribution in [2.45, 2.75) is 32.1 Å². The topological polar surface area (TPSA) is 66.8 Å². The molecule has 0 aliphatic rings. The molecule has 0 fully saturated rings. The van der Waals surface area contributed by atoms with Gasteiger partial charge in [0.05, 0.1) is 21.8 Å². The smallest absolute Gasteiger partial charge is 0.359 e. The Hall–Kier alpha value is -3.93. The lowest BCUT2D eigenvalue weighted by Gasteiger charge is -2.23. The lowest BCUT2D eigenvalue weighted by molar-refractivity contribution is -0.138. The molecule has 0 radical (unpaired) electrons. The third-order valence-electron chi connectivity index (χ3n) is 6.02. The summed E-state index contributed by atoms with van der Waals surface area (Å²) in [5, 5.41) is 2.56. The van der Waals surface area contributed by atoms with E-state index in [0.29, 0.717) is 29.2 Å². The van der Waals surface area contributed by atoms with Crippen molar-refractivity contribution in [2.24, 2.45) is 0 Å². The number of aromatic nitrogens is 4. The Labute approximate surface area is 231 Å². The molecule has 0 bridgehead atoms. The monoisotopic (exact) mass is 580 g/mol. The van der Waals surface area contributed by atoms with Crippen LogP contribution in [-0.4, -0.2) is 33.5 Å². The van der Waals surface area contributed by atoms with E-state index in [1.165, 1.54) is 30.3 Å². The Morgan fingerprint density at radius 1 is 0.875 bits per heavy atom. The molecule has 0 atom stereocenters. The van der Waals surface area contributed by atoms with Gasteiger partial charge in [0.25, 0.3) is 0 Å². The first-order chi connectivity index (χ1) is 18.9. The van der Waals surface area contributed by atoms with Gasteiger partial charge in [-0.2, -0.15) is 26.3 Å². The van der Waals surface area contributed by atoms with Crippen LogP contribution in [0.2, 0.25) is 5.02 Å². The Morgan fingerprint density at radius 3 is 2.23 bits per heavy atom. The summed E-state index contributed by atoms with van der Waals surface area (Å²) < 4.78 is 80.1. The van der Waals surface area contributed by atoms with Crippen LogP contribution in [-0.2, 0) is 25.2 Å². The van der Waals surface area contributed by atoms with Crippen LogP contribution in [0, 0.1) is 0 Å². The SMILES string of the molecule is CCc1c(CCN(C)c2ncccc2C(F)(F)F)nc(-c2ccccn2)nc1Nc1ccc(C(F)(F)F)c(Cl)c1. The van der Waals surface area contributed by atoms with Gasteiger partial charge in [-0.15, -0.1) is 0 Å². The van der Waals surface area contributed by atoms with Gasteiger partial charge in [-0.3, -0.25) is 4.98 Å². The molecule has 13 heteroatoms. The van der Waals surface area contributed by atoms with E-state index in [4.69, 9.17) is 11.6 Å². The fourth-order valence-corrected chi connectivity index (χ4v) is 4.37. The van der Waals surface area contributed by atoms with Gasteiger partial charge in [0, 0.05) is 43.7 Å². The van der Waals surface area contributed by atoms with Gasteiger partial charge in [-0.25, -0.2) is 15.0 Å². The third-order valence-corrected chi connectivity index (χ3v) is 6.33. The molecule has 4 aromatic rings. The molecule has 0 spiro atoms. The minimum absolute atomic E-state index is 0.136. The molecule has 6 nitrogen and oxygen atoms in total.